The fourth-order valence-corrected chi connectivity index (χ4v) is 1.53. The van der Waals surface area contributed by atoms with Crippen molar-refractivity contribution in [3.8, 4) is 0 Å². The van der Waals surface area contributed by atoms with Crippen molar-refractivity contribution >= 4 is 0 Å². The van der Waals surface area contributed by atoms with Crippen molar-refractivity contribution in [3.63, 3.8) is 0 Å². The summed E-state index contributed by atoms with van der Waals surface area (Å²) in [6, 6.07) is 0. The molecule has 0 aliphatic heterocycles. The van der Waals surface area contributed by atoms with Gasteiger partial charge in [0, 0.05) is 13.7 Å². The third-order valence-electron chi connectivity index (χ3n) is 3.01. The second-order valence-electron chi connectivity index (χ2n) is 8.11. The Labute approximate surface area is 134 Å². The minimum absolute atomic E-state index is 0.445. The Kier molecular flexibility index (Phi) is 14.9. The molecule has 0 amide bonds. The fraction of sp³-hybridized carbons (Fsp3) is 1.00. The summed E-state index contributed by atoms with van der Waals surface area (Å²) in [4.78, 5) is 0. The van der Waals surface area contributed by atoms with Crippen LogP contribution in [0.15, 0.2) is 0 Å². The number of hydrogen-bond donors (Lipinski definition) is 2. The Morgan fingerprint density at radius 1 is 0.714 bits per heavy atom. The molecule has 3 nitrogen and oxygen atoms in total. The molecule has 130 valence electrons. The third kappa shape index (κ3) is 28.7. The standard InChI is InChI=1S/C9H21NO.C9H21N/c1-9(2,3)5-6-10-7-8-11-4;1-5-7-10-8-6-9(2,3)4/h10H,5-8H2,1-4H3;10H,5-8H2,1-4H3. The highest BCUT2D eigenvalue weighted by Gasteiger charge is 2.08. The number of nitrogens with one attached hydrogen (secondary N) is 2. The van der Waals surface area contributed by atoms with Crippen molar-refractivity contribution < 1.29 is 4.74 Å². The molecule has 0 unspecified atom stereocenters. The van der Waals surface area contributed by atoms with E-state index < -0.39 is 0 Å². The first-order valence-electron chi connectivity index (χ1n) is 8.53. The van der Waals surface area contributed by atoms with Gasteiger partial charge < -0.3 is 15.4 Å². The maximum Gasteiger partial charge on any atom is 0.0587 e. The van der Waals surface area contributed by atoms with E-state index in [0.29, 0.717) is 10.8 Å². The van der Waals surface area contributed by atoms with Crippen LogP contribution in [0.3, 0.4) is 0 Å². The van der Waals surface area contributed by atoms with Crippen molar-refractivity contribution in [2.45, 2.75) is 67.7 Å². The number of rotatable bonds is 9. The zero-order valence-corrected chi connectivity index (χ0v) is 16.1. The van der Waals surface area contributed by atoms with Crippen LogP contribution >= 0.6 is 0 Å². The van der Waals surface area contributed by atoms with Crippen molar-refractivity contribution in [1.82, 2.24) is 10.6 Å². The number of methoxy groups -OCH3 is 1. The van der Waals surface area contributed by atoms with Crippen LogP contribution in [0.2, 0.25) is 0 Å². The fourth-order valence-electron chi connectivity index (χ4n) is 1.53. The van der Waals surface area contributed by atoms with Gasteiger partial charge in [-0.1, -0.05) is 48.5 Å². The lowest BCUT2D eigenvalue weighted by Crippen LogP contribution is -2.23. The maximum absolute atomic E-state index is 4.91. The second-order valence-corrected chi connectivity index (χ2v) is 8.11. The number of hydrogen-bond acceptors (Lipinski definition) is 3. The van der Waals surface area contributed by atoms with Crippen LogP contribution in [0.25, 0.3) is 0 Å². The van der Waals surface area contributed by atoms with Crippen molar-refractivity contribution in [2.75, 3.05) is 39.9 Å². The van der Waals surface area contributed by atoms with Gasteiger partial charge in [0.15, 0.2) is 0 Å². The minimum atomic E-state index is 0.445. The van der Waals surface area contributed by atoms with E-state index in [0.717, 1.165) is 32.8 Å². The zero-order chi connectivity index (χ0) is 16.8. The van der Waals surface area contributed by atoms with Crippen LogP contribution in [0.1, 0.15) is 67.7 Å². The van der Waals surface area contributed by atoms with E-state index in [9.17, 15) is 0 Å². The Morgan fingerprint density at radius 2 is 1.14 bits per heavy atom. The first-order valence-corrected chi connectivity index (χ1v) is 8.53. The molecule has 0 saturated carbocycles. The molecule has 0 saturated heterocycles. The van der Waals surface area contributed by atoms with Gasteiger partial charge in [-0.25, -0.2) is 0 Å². The van der Waals surface area contributed by atoms with Crippen molar-refractivity contribution in [2.24, 2.45) is 10.8 Å². The molecular weight excluding hydrogens is 260 g/mol. The van der Waals surface area contributed by atoms with Crippen molar-refractivity contribution in [3.05, 3.63) is 0 Å². The molecule has 3 heteroatoms. The minimum Gasteiger partial charge on any atom is -0.383 e. The molecule has 21 heavy (non-hydrogen) atoms. The molecule has 0 bridgehead atoms. The largest absolute Gasteiger partial charge is 0.383 e. The first-order chi connectivity index (χ1) is 9.62. The summed E-state index contributed by atoms with van der Waals surface area (Å²) < 4.78 is 4.91. The van der Waals surface area contributed by atoms with Gasteiger partial charge in [0.25, 0.3) is 0 Å². The molecule has 0 radical (unpaired) electrons. The predicted molar refractivity (Wildman–Crippen MR) is 96.1 cm³/mol. The van der Waals surface area contributed by atoms with Crippen LogP contribution < -0.4 is 10.6 Å². The summed E-state index contributed by atoms with van der Waals surface area (Å²) in [6.07, 6.45) is 3.73. The Bertz CT molecular complexity index is 204. The van der Waals surface area contributed by atoms with Gasteiger partial charge in [-0.05, 0) is 49.7 Å². The molecule has 0 fully saturated rings. The smallest absolute Gasteiger partial charge is 0.0587 e. The van der Waals surface area contributed by atoms with Gasteiger partial charge in [0.05, 0.1) is 6.61 Å². The van der Waals surface area contributed by atoms with E-state index in [1.807, 2.05) is 0 Å². The van der Waals surface area contributed by atoms with Crippen LogP contribution in [-0.2, 0) is 4.74 Å². The summed E-state index contributed by atoms with van der Waals surface area (Å²) >= 11 is 0. The van der Waals surface area contributed by atoms with Gasteiger partial charge in [-0.3, -0.25) is 0 Å². The normalized spacial score (nSPS) is 12.0. The monoisotopic (exact) mass is 302 g/mol. The lowest BCUT2D eigenvalue weighted by atomic mass is 9.92. The van der Waals surface area contributed by atoms with E-state index in [2.05, 4.69) is 59.1 Å². The quantitative estimate of drug-likeness (QED) is 0.630. The van der Waals surface area contributed by atoms with Crippen LogP contribution in [0.4, 0.5) is 0 Å². The highest BCUT2D eigenvalue weighted by atomic mass is 16.5. The average Bonchev–Trinajstić information content (AvgIpc) is 2.33. The second kappa shape index (κ2) is 13.5. The van der Waals surface area contributed by atoms with E-state index in [1.165, 1.54) is 19.3 Å². The van der Waals surface area contributed by atoms with Crippen LogP contribution in [-0.4, -0.2) is 39.9 Å². The first kappa shape index (κ1) is 23.2. The molecule has 0 atom stereocenters. The van der Waals surface area contributed by atoms with Gasteiger partial charge in [0.2, 0.25) is 0 Å². The third-order valence-corrected chi connectivity index (χ3v) is 3.01. The molecule has 0 aromatic rings. The molecule has 2 N–H and O–H groups in total. The zero-order valence-electron chi connectivity index (χ0n) is 16.1. The van der Waals surface area contributed by atoms with Gasteiger partial charge in [-0.15, -0.1) is 0 Å². The maximum atomic E-state index is 4.91. The molecule has 0 heterocycles. The highest BCUT2D eigenvalue weighted by Crippen LogP contribution is 2.17. The molecule has 0 rings (SSSR count). The SMILES string of the molecule is CCCNCCC(C)(C)C.COCCNCCC(C)(C)C. The van der Waals surface area contributed by atoms with E-state index in [4.69, 9.17) is 4.74 Å². The van der Waals surface area contributed by atoms with E-state index in [1.54, 1.807) is 7.11 Å². The summed E-state index contributed by atoms with van der Waals surface area (Å²) in [5.74, 6) is 0. The summed E-state index contributed by atoms with van der Waals surface area (Å²) in [7, 11) is 1.73. The van der Waals surface area contributed by atoms with Crippen molar-refractivity contribution in [1.29, 1.82) is 0 Å². The molecule has 0 spiro atoms. The summed E-state index contributed by atoms with van der Waals surface area (Å²) in [6.45, 7) is 21.0. The molecule has 0 aromatic carbocycles. The highest BCUT2D eigenvalue weighted by molar-refractivity contribution is 4.63. The Balaban J connectivity index is 0. The number of ether oxygens (including phenoxy) is 1. The topological polar surface area (TPSA) is 33.3 Å². The molecule has 0 aliphatic carbocycles. The van der Waals surface area contributed by atoms with E-state index >= 15 is 0 Å². The molecule has 0 aliphatic rings. The summed E-state index contributed by atoms with van der Waals surface area (Å²) in [5.41, 5.74) is 0.931. The molecule has 0 aromatic heterocycles. The lowest BCUT2D eigenvalue weighted by Gasteiger charge is -2.17. The van der Waals surface area contributed by atoms with Crippen LogP contribution in [0.5, 0.6) is 0 Å². The molecular formula is C18H42N2O. The van der Waals surface area contributed by atoms with Gasteiger partial charge >= 0.3 is 0 Å². The van der Waals surface area contributed by atoms with Gasteiger partial charge in [0.1, 0.15) is 0 Å². The lowest BCUT2D eigenvalue weighted by molar-refractivity contribution is 0.198. The Hall–Kier alpha value is -0.120. The van der Waals surface area contributed by atoms with E-state index in [-0.39, 0.29) is 0 Å². The average molecular weight is 303 g/mol. The van der Waals surface area contributed by atoms with Gasteiger partial charge in [-0.2, -0.15) is 0 Å². The Morgan fingerprint density at radius 3 is 1.48 bits per heavy atom. The predicted octanol–water partition coefficient (Wildman–Crippen LogP) is 4.08. The summed E-state index contributed by atoms with van der Waals surface area (Å²) in [5, 5.41) is 6.71. The van der Waals surface area contributed by atoms with Crippen LogP contribution in [0, 0.1) is 10.8 Å².